The Morgan fingerprint density at radius 3 is 2.08 bits per heavy atom. The van der Waals surface area contributed by atoms with Crippen molar-refractivity contribution in [3.05, 3.63) is 71.8 Å². The van der Waals surface area contributed by atoms with Crippen molar-refractivity contribution in [3.63, 3.8) is 0 Å². The van der Waals surface area contributed by atoms with Crippen molar-refractivity contribution in [1.29, 1.82) is 0 Å². The first-order valence-corrected chi connectivity index (χ1v) is 8.35. The van der Waals surface area contributed by atoms with Crippen LogP contribution in [0, 0.1) is 5.92 Å². The molecule has 0 spiro atoms. The van der Waals surface area contributed by atoms with E-state index in [9.17, 15) is 14.7 Å². The van der Waals surface area contributed by atoms with Crippen LogP contribution in [0.2, 0.25) is 0 Å². The van der Waals surface area contributed by atoms with Crippen molar-refractivity contribution in [1.82, 2.24) is 10.6 Å². The first-order chi connectivity index (χ1) is 12.0. The lowest BCUT2D eigenvalue weighted by Gasteiger charge is -2.21. The standard InChI is InChI=1S/C20H24N2O3/c1-14(2)17(23)13-21-20(25)18(15-9-5-3-6-10-15)22-19(24)16-11-7-4-8-12-16/h3-12,14,17-18,23H,13H2,1-2H3,(H,21,25)(H,22,24). The van der Waals surface area contributed by atoms with E-state index in [-0.39, 0.29) is 24.3 Å². The predicted octanol–water partition coefficient (Wildman–Crippen LogP) is 2.29. The second kappa shape index (κ2) is 8.99. The van der Waals surface area contributed by atoms with Gasteiger partial charge in [-0.2, -0.15) is 0 Å². The highest BCUT2D eigenvalue weighted by molar-refractivity contribution is 5.97. The van der Waals surface area contributed by atoms with Crippen molar-refractivity contribution in [2.45, 2.75) is 26.0 Å². The zero-order chi connectivity index (χ0) is 18.2. The smallest absolute Gasteiger partial charge is 0.252 e. The molecule has 0 aliphatic heterocycles. The summed E-state index contributed by atoms with van der Waals surface area (Å²) in [5.41, 5.74) is 1.17. The molecule has 2 unspecified atom stereocenters. The highest BCUT2D eigenvalue weighted by Crippen LogP contribution is 2.14. The third kappa shape index (κ3) is 5.43. The molecule has 0 aliphatic rings. The van der Waals surface area contributed by atoms with E-state index >= 15 is 0 Å². The Bertz CT molecular complexity index is 687. The van der Waals surface area contributed by atoms with Crippen LogP contribution < -0.4 is 10.6 Å². The molecule has 5 heteroatoms. The maximum Gasteiger partial charge on any atom is 0.252 e. The lowest BCUT2D eigenvalue weighted by Crippen LogP contribution is -2.43. The van der Waals surface area contributed by atoms with E-state index in [4.69, 9.17) is 0 Å². The Hall–Kier alpha value is -2.66. The number of rotatable bonds is 7. The van der Waals surface area contributed by atoms with Crippen molar-refractivity contribution in [2.24, 2.45) is 5.92 Å². The fourth-order valence-electron chi connectivity index (χ4n) is 2.29. The molecule has 0 radical (unpaired) electrons. The van der Waals surface area contributed by atoms with Gasteiger partial charge < -0.3 is 15.7 Å². The van der Waals surface area contributed by atoms with Gasteiger partial charge in [0.15, 0.2) is 0 Å². The monoisotopic (exact) mass is 340 g/mol. The molecule has 0 fully saturated rings. The van der Waals surface area contributed by atoms with E-state index in [0.29, 0.717) is 11.1 Å². The van der Waals surface area contributed by atoms with Gasteiger partial charge in [0.05, 0.1) is 6.10 Å². The first kappa shape index (κ1) is 18.7. The van der Waals surface area contributed by atoms with E-state index < -0.39 is 12.1 Å². The highest BCUT2D eigenvalue weighted by Gasteiger charge is 2.24. The number of benzene rings is 2. The quantitative estimate of drug-likeness (QED) is 0.724. The summed E-state index contributed by atoms with van der Waals surface area (Å²) in [5.74, 6) is -0.640. The van der Waals surface area contributed by atoms with Crippen molar-refractivity contribution >= 4 is 11.8 Å². The fraction of sp³-hybridized carbons (Fsp3) is 0.300. The van der Waals surface area contributed by atoms with Gasteiger partial charge in [0.1, 0.15) is 6.04 Å². The molecule has 2 amide bonds. The largest absolute Gasteiger partial charge is 0.391 e. The molecule has 25 heavy (non-hydrogen) atoms. The molecule has 0 saturated heterocycles. The van der Waals surface area contributed by atoms with Crippen LogP contribution in [0.3, 0.4) is 0 Å². The predicted molar refractivity (Wildman–Crippen MR) is 96.9 cm³/mol. The first-order valence-electron chi connectivity index (χ1n) is 8.35. The number of nitrogens with one attached hydrogen (secondary N) is 2. The molecular weight excluding hydrogens is 316 g/mol. The summed E-state index contributed by atoms with van der Waals surface area (Å²) in [5, 5.41) is 15.4. The van der Waals surface area contributed by atoms with E-state index in [1.165, 1.54) is 0 Å². The molecule has 0 saturated carbocycles. The molecule has 2 rings (SSSR count). The second-order valence-corrected chi connectivity index (χ2v) is 6.24. The normalized spacial score (nSPS) is 13.1. The van der Waals surface area contributed by atoms with Gasteiger partial charge in [-0.05, 0) is 23.6 Å². The number of amides is 2. The molecular formula is C20H24N2O3. The lowest BCUT2D eigenvalue weighted by molar-refractivity contribution is -0.123. The minimum absolute atomic E-state index is 0.0365. The van der Waals surface area contributed by atoms with Gasteiger partial charge in [0.25, 0.3) is 5.91 Å². The Morgan fingerprint density at radius 2 is 1.52 bits per heavy atom. The Kier molecular flexibility index (Phi) is 6.71. The maximum atomic E-state index is 12.6. The highest BCUT2D eigenvalue weighted by atomic mass is 16.3. The van der Waals surface area contributed by atoms with E-state index in [2.05, 4.69) is 10.6 Å². The van der Waals surface area contributed by atoms with E-state index in [0.717, 1.165) is 0 Å². The van der Waals surface area contributed by atoms with E-state index in [1.54, 1.807) is 36.4 Å². The fourth-order valence-corrected chi connectivity index (χ4v) is 2.29. The van der Waals surface area contributed by atoms with E-state index in [1.807, 2.05) is 38.1 Å². The van der Waals surface area contributed by atoms with Crippen LogP contribution in [-0.2, 0) is 4.79 Å². The number of aliphatic hydroxyl groups excluding tert-OH is 1. The Morgan fingerprint density at radius 1 is 0.960 bits per heavy atom. The van der Waals surface area contributed by atoms with Gasteiger partial charge in [-0.25, -0.2) is 0 Å². The lowest BCUT2D eigenvalue weighted by atomic mass is 10.0. The topological polar surface area (TPSA) is 78.4 Å². The van der Waals surface area contributed by atoms with Gasteiger partial charge in [0.2, 0.25) is 5.91 Å². The third-order valence-electron chi connectivity index (χ3n) is 3.96. The Labute approximate surface area is 148 Å². The molecule has 2 aromatic rings. The van der Waals surface area contributed by atoms with Gasteiger partial charge in [-0.15, -0.1) is 0 Å². The maximum absolute atomic E-state index is 12.6. The van der Waals surface area contributed by atoms with Crippen LogP contribution in [0.25, 0.3) is 0 Å². The summed E-state index contributed by atoms with van der Waals surface area (Å²) in [6.45, 7) is 3.90. The average Bonchev–Trinajstić information content (AvgIpc) is 2.65. The SMILES string of the molecule is CC(C)C(O)CNC(=O)C(NC(=O)c1ccccc1)c1ccccc1. The van der Waals surface area contributed by atoms with Crippen LogP contribution in [0.4, 0.5) is 0 Å². The summed E-state index contributed by atoms with van der Waals surface area (Å²) in [7, 11) is 0. The van der Waals surface area contributed by atoms with Crippen LogP contribution in [0.5, 0.6) is 0 Å². The molecule has 0 bridgehead atoms. The molecule has 5 nitrogen and oxygen atoms in total. The average molecular weight is 340 g/mol. The van der Waals surface area contributed by atoms with Gasteiger partial charge in [0, 0.05) is 12.1 Å². The minimum atomic E-state index is -0.826. The van der Waals surface area contributed by atoms with Crippen molar-refractivity contribution in [3.8, 4) is 0 Å². The summed E-state index contributed by atoms with van der Waals surface area (Å²) < 4.78 is 0. The van der Waals surface area contributed by atoms with Gasteiger partial charge in [-0.3, -0.25) is 9.59 Å². The molecule has 3 N–H and O–H groups in total. The number of hydrogen-bond acceptors (Lipinski definition) is 3. The third-order valence-corrected chi connectivity index (χ3v) is 3.96. The summed E-state index contributed by atoms with van der Waals surface area (Å²) in [6, 6.07) is 17.0. The van der Waals surface area contributed by atoms with Crippen LogP contribution >= 0.6 is 0 Å². The summed E-state index contributed by atoms with van der Waals surface area (Å²) in [4.78, 5) is 25.0. The van der Waals surface area contributed by atoms with Crippen LogP contribution in [-0.4, -0.2) is 29.6 Å². The number of carbonyl (C=O) groups is 2. The molecule has 0 aromatic heterocycles. The van der Waals surface area contributed by atoms with Crippen molar-refractivity contribution in [2.75, 3.05) is 6.54 Å². The second-order valence-electron chi connectivity index (χ2n) is 6.24. The van der Waals surface area contributed by atoms with Gasteiger partial charge >= 0.3 is 0 Å². The minimum Gasteiger partial charge on any atom is -0.391 e. The number of carbonyl (C=O) groups excluding carboxylic acids is 2. The van der Waals surface area contributed by atoms with Gasteiger partial charge in [-0.1, -0.05) is 62.4 Å². The molecule has 0 aliphatic carbocycles. The van der Waals surface area contributed by atoms with Crippen LogP contribution in [0.1, 0.15) is 35.8 Å². The van der Waals surface area contributed by atoms with Crippen LogP contribution in [0.15, 0.2) is 60.7 Å². The molecule has 132 valence electrons. The molecule has 2 aromatic carbocycles. The zero-order valence-corrected chi connectivity index (χ0v) is 14.5. The molecule has 2 atom stereocenters. The summed E-state index contributed by atoms with van der Waals surface area (Å²) >= 11 is 0. The molecule has 0 heterocycles. The Balaban J connectivity index is 2.13. The summed E-state index contributed by atoms with van der Waals surface area (Å²) in [6.07, 6.45) is -0.634. The number of aliphatic hydroxyl groups is 1. The zero-order valence-electron chi connectivity index (χ0n) is 14.5. The number of hydrogen-bond donors (Lipinski definition) is 3. The van der Waals surface area contributed by atoms with Crippen molar-refractivity contribution < 1.29 is 14.7 Å².